The van der Waals surface area contributed by atoms with Crippen LogP contribution >= 0.6 is 0 Å². The van der Waals surface area contributed by atoms with E-state index in [0.717, 1.165) is 51.4 Å². The molecule has 0 rings (SSSR count). The first-order valence-corrected chi connectivity index (χ1v) is 28.4. The maximum absolute atomic E-state index is 12.8. The lowest BCUT2D eigenvalue weighted by atomic mass is 10.0. The normalized spacial score (nSPS) is 12.9. The zero-order chi connectivity index (χ0) is 48.4. The Morgan fingerprint density at radius 3 is 1.17 bits per heavy atom. The molecule has 2 atom stereocenters. The lowest BCUT2D eigenvalue weighted by molar-refractivity contribution is -0.889. The first-order valence-electron chi connectivity index (χ1n) is 28.4. The highest BCUT2D eigenvalue weighted by Crippen LogP contribution is 2.17. The number of carbonyl (C=O) groups excluding carboxylic acids is 3. The maximum atomic E-state index is 12.8. The number of rotatable bonds is 52. The Hall–Kier alpha value is -2.19. The van der Waals surface area contributed by atoms with E-state index in [1.807, 2.05) is 21.1 Å². The second-order valence-electron chi connectivity index (χ2n) is 20.5. The molecule has 0 aliphatic heterocycles. The van der Waals surface area contributed by atoms with E-state index in [2.05, 4.69) is 38.2 Å². The monoisotopic (exact) mass is 932 g/mol. The lowest BCUT2D eigenvalue weighted by Gasteiger charge is -2.34. The Morgan fingerprint density at radius 2 is 0.803 bits per heavy atom. The molecule has 0 aliphatic carbocycles. The topological polar surface area (TPSA) is 102 Å². The molecule has 0 aromatic heterocycles. The molecule has 0 fully saturated rings. The van der Waals surface area contributed by atoms with E-state index in [4.69, 9.17) is 14.2 Å². The van der Waals surface area contributed by atoms with Gasteiger partial charge in [0.15, 0.2) is 6.10 Å². The van der Waals surface area contributed by atoms with Crippen LogP contribution in [0, 0.1) is 0 Å². The highest BCUT2D eigenvalue weighted by Gasteiger charge is 2.25. The summed E-state index contributed by atoms with van der Waals surface area (Å²) in [5.41, 5.74) is 0. The largest absolute Gasteiger partial charge is 0.544 e. The molecule has 0 radical (unpaired) electrons. The summed E-state index contributed by atoms with van der Waals surface area (Å²) in [4.78, 5) is 37.1. The van der Waals surface area contributed by atoms with Crippen LogP contribution in [-0.2, 0) is 28.6 Å². The number of aliphatic carboxylic acids is 1. The molecule has 0 spiro atoms. The average molecular weight is 933 g/mol. The van der Waals surface area contributed by atoms with Gasteiger partial charge in [-0.3, -0.25) is 9.59 Å². The minimum Gasteiger partial charge on any atom is -0.544 e. The van der Waals surface area contributed by atoms with Gasteiger partial charge in [0.25, 0.3) is 0 Å². The standard InChI is InChI=1S/C58H109NO7/c1-6-8-10-12-14-16-18-20-22-24-26-28-29-31-33-35-37-39-41-43-45-47-49-57(61)66-54(52-64-51-50-55(58(62)63)59(3,4)5)53-65-56(60)48-46-44-42-40-38-36-34-32-30-27-25-23-21-19-17-15-13-11-9-7-2/h24,26,29,31,54-55H,6-23,25,27-28,30,32-53H2,1-5H3/b26-24+,31-29+. The molecule has 0 saturated heterocycles. The van der Waals surface area contributed by atoms with Gasteiger partial charge in [-0.15, -0.1) is 0 Å². The van der Waals surface area contributed by atoms with E-state index in [0.29, 0.717) is 12.8 Å². The SMILES string of the molecule is CCCCCCCCCC/C=C/C/C=C/CCCCCCCCCC(=O)OC(COCCC(C(=O)[O-])[N+](C)(C)C)COC(=O)CCCCCCCCCCCCCCCCCCCCCC. The molecule has 0 N–H and O–H groups in total. The number of carboxylic acids is 1. The molecule has 0 heterocycles. The Morgan fingerprint density at radius 1 is 0.455 bits per heavy atom. The van der Waals surface area contributed by atoms with Crippen molar-refractivity contribution in [2.24, 2.45) is 0 Å². The number of quaternary nitrogens is 1. The number of carbonyl (C=O) groups is 3. The minimum absolute atomic E-state index is 0.0421. The van der Waals surface area contributed by atoms with Gasteiger partial charge in [0.1, 0.15) is 12.6 Å². The summed E-state index contributed by atoms with van der Waals surface area (Å²) in [6.07, 6.45) is 57.9. The van der Waals surface area contributed by atoms with Crippen LogP contribution < -0.4 is 5.11 Å². The number of allylic oxidation sites excluding steroid dienone is 4. The Bertz CT molecular complexity index is 1130. The van der Waals surface area contributed by atoms with Crippen molar-refractivity contribution in [1.29, 1.82) is 0 Å². The number of nitrogens with zero attached hydrogens (tertiary/aromatic N) is 1. The summed E-state index contributed by atoms with van der Waals surface area (Å²) in [5.74, 6) is -1.72. The van der Waals surface area contributed by atoms with E-state index < -0.39 is 18.1 Å². The molecule has 8 nitrogen and oxygen atoms in total. The molecule has 66 heavy (non-hydrogen) atoms. The van der Waals surface area contributed by atoms with Gasteiger partial charge < -0.3 is 28.6 Å². The quantitative estimate of drug-likeness (QED) is 0.0259. The highest BCUT2D eigenvalue weighted by molar-refractivity contribution is 5.70. The molecule has 388 valence electrons. The zero-order valence-corrected chi connectivity index (χ0v) is 44.4. The van der Waals surface area contributed by atoms with Crippen LogP contribution in [-0.4, -0.2) is 75.5 Å². The predicted molar refractivity (Wildman–Crippen MR) is 277 cm³/mol. The van der Waals surface area contributed by atoms with Crippen molar-refractivity contribution in [3.63, 3.8) is 0 Å². The third-order valence-electron chi connectivity index (χ3n) is 13.1. The molecular formula is C58H109NO7. The van der Waals surface area contributed by atoms with Crippen molar-refractivity contribution < 1.29 is 38.2 Å². The molecule has 0 aliphatic rings. The molecule has 0 amide bonds. The summed E-state index contributed by atoms with van der Waals surface area (Å²) in [7, 11) is 5.43. The van der Waals surface area contributed by atoms with Crippen molar-refractivity contribution in [3.8, 4) is 0 Å². The van der Waals surface area contributed by atoms with Crippen molar-refractivity contribution in [2.45, 2.75) is 289 Å². The van der Waals surface area contributed by atoms with Gasteiger partial charge in [0, 0.05) is 19.3 Å². The fourth-order valence-corrected chi connectivity index (χ4v) is 8.69. The van der Waals surface area contributed by atoms with Gasteiger partial charge in [0.05, 0.1) is 40.3 Å². The van der Waals surface area contributed by atoms with E-state index in [1.165, 1.54) is 193 Å². The van der Waals surface area contributed by atoms with Crippen molar-refractivity contribution in [2.75, 3.05) is 41.0 Å². The fourth-order valence-electron chi connectivity index (χ4n) is 8.69. The predicted octanol–water partition coefficient (Wildman–Crippen LogP) is 15.4. The van der Waals surface area contributed by atoms with Crippen molar-refractivity contribution in [3.05, 3.63) is 24.3 Å². The van der Waals surface area contributed by atoms with E-state index in [-0.39, 0.29) is 42.7 Å². The molecule has 0 aromatic carbocycles. The second kappa shape index (κ2) is 49.2. The third kappa shape index (κ3) is 46.9. The van der Waals surface area contributed by atoms with Crippen LogP contribution in [0.1, 0.15) is 277 Å². The van der Waals surface area contributed by atoms with Gasteiger partial charge in [-0.05, 0) is 44.9 Å². The van der Waals surface area contributed by atoms with Crippen molar-refractivity contribution >= 4 is 17.9 Å². The Balaban J connectivity index is 4.17. The van der Waals surface area contributed by atoms with Crippen LogP contribution in [0.25, 0.3) is 0 Å². The summed E-state index contributed by atoms with van der Waals surface area (Å²) in [6, 6.07) is -0.726. The van der Waals surface area contributed by atoms with Crippen molar-refractivity contribution in [1.82, 2.24) is 0 Å². The third-order valence-corrected chi connectivity index (χ3v) is 13.1. The minimum atomic E-state index is -1.12. The summed E-state index contributed by atoms with van der Waals surface area (Å²) in [5, 5.41) is 11.7. The highest BCUT2D eigenvalue weighted by atomic mass is 16.6. The molecule has 0 saturated carbocycles. The zero-order valence-electron chi connectivity index (χ0n) is 44.4. The number of unbranched alkanes of at least 4 members (excludes halogenated alkanes) is 34. The first-order chi connectivity index (χ1) is 32.1. The van der Waals surface area contributed by atoms with Crippen LogP contribution in [0.15, 0.2) is 24.3 Å². The summed E-state index contributed by atoms with van der Waals surface area (Å²) in [6.45, 7) is 4.71. The molecule has 0 bridgehead atoms. The number of likely N-dealkylation sites (N-methyl/N-ethyl adjacent to an activating group) is 1. The van der Waals surface area contributed by atoms with E-state index >= 15 is 0 Å². The number of esters is 2. The molecular weight excluding hydrogens is 823 g/mol. The number of carboxylic acid groups (broad SMARTS) is 1. The van der Waals surface area contributed by atoms with Crippen LogP contribution in [0.2, 0.25) is 0 Å². The fraction of sp³-hybridized carbons (Fsp3) is 0.879. The summed E-state index contributed by atoms with van der Waals surface area (Å²) >= 11 is 0. The van der Waals surface area contributed by atoms with Crippen LogP contribution in [0.4, 0.5) is 0 Å². The van der Waals surface area contributed by atoms with Gasteiger partial charge >= 0.3 is 11.9 Å². The molecule has 8 heteroatoms. The lowest BCUT2D eigenvalue weighted by Crippen LogP contribution is -2.55. The molecule has 0 aromatic rings. The van der Waals surface area contributed by atoms with E-state index in [9.17, 15) is 19.5 Å². The second-order valence-corrected chi connectivity index (χ2v) is 20.5. The number of hydrogen-bond donors (Lipinski definition) is 0. The van der Waals surface area contributed by atoms with Crippen LogP contribution in [0.3, 0.4) is 0 Å². The van der Waals surface area contributed by atoms with Gasteiger partial charge in [-0.2, -0.15) is 0 Å². The maximum Gasteiger partial charge on any atom is 0.306 e. The van der Waals surface area contributed by atoms with E-state index in [1.54, 1.807) is 0 Å². The Kier molecular flexibility index (Phi) is 47.6. The summed E-state index contributed by atoms with van der Waals surface area (Å²) < 4.78 is 17.3. The van der Waals surface area contributed by atoms with Gasteiger partial charge in [-0.25, -0.2) is 0 Å². The van der Waals surface area contributed by atoms with Crippen LogP contribution in [0.5, 0.6) is 0 Å². The Labute approximate surface area is 409 Å². The average Bonchev–Trinajstić information content (AvgIpc) is 3.28. The first kappa shape index (κ1) is 63.8. The smallest absolute Gasteiger partial charge is 0.306 e. The van der Waals surface area contributed by atoms with Gasteiger partial charge in [0.2, 0.25) is 0 Å². The molecule has 2 unspecified atom stereocenters. The number of hydrogen-bond acceptors (Lipinski definition) is 7. The van der Waals surface area contributed by atoms with Gasteiger partial charge in [-0.1, -0.05) is 237 Å². The number of ether oxygens (including phenoxy) is 3.